The number of halogens is 11. The number of carbonyl (C=O) groups is 4. The predicted octanol–water partition coefficient (Wildman–Crippen LogP) is 14.9. The number of benzene rings is 6. The van der Waals surface area contributed by atoms with Crippen LogP contribution in [0.15, 0.2) is 140 Å². The number of rotatable bonds is 25. The zero-order valence-corrected chi connectivity index (χ0v) is 60.1. The summed E-state index contributed by atoms with van der Waals surface area (Å²) in [6.45, 7) is 7.95. The monoisotopic (exact) mass is 1490 g/mol. The van der Waals surface area contributed by atoms with E-state index in [1.807, 2.05) is 85.7 Å². The zero-order chi connectivity index (χ0) is 68.5. The molecule has 2 N–H and O–H groups in total. The summed E-state index contributed by atoms with van der Waals surface area (Å²) in [5.74, 6) is -1.53. The number of carbonyl (C=O) groups excluding carboxylic acids is 3. The molecule has 3 fully saturated rings. The number of nitrogens with one attached hydrogen (secondary N) is 1. The number of anilines is 2. The van der Waals surface area contributed by atoms with Crippen LogP contribution in [0.4, 0.5) is 46.9 Å². The first kappa shape index (κ1) is 81.6. The zero-order valence-electron chi connectivity index (χ0n) is 56.8. The first-order chi connectivity index (χ1) is 46.6. The van der Waals surface area contributed by atoms with Crippen LogP contribution >= 0.6 is 49.6 Å². The molecule has 0 radical (unpaired) electrons. The van der Waals surface area contributed by atoms with Gasteiger partial charge in [-0.25, -0.2) is 9.18 Å². The Balaban J connectivity index is 0.00000358. The number of unbranched alkanes of at least 4 members (excludes halogenated alkanes) is 2. The summed E-state index contributed by atoms with van der Waals surface area (Å²) in [6.07, 6.45) is -2.74. The largest absolute Gasteiger partial charge is 0.465 e. The molecule has 1 aliphatic carbocycles. The van der Waals surface area contributed by atoms with Crippen LogP contribution < -0.4 is 10.2 Å². The Morgan fingerprint density at radius 2 is 1.31 bits per heavy atom. The Bertz CT molecular complexity index is 3690. The molecule has 6 aromatic carbocycles. The molecule has 4 heterocycles. The van der Waals surface area contributed by atoms with Crippen LogP contribution in [0.2, 0.25) is 0 Å². The molecule has 0 unspecified atom stereocenters. The number of likely N-dealkylation sites (N-methyl/N-ethyl adjacent to an activating group) is 2. The van der Waals surface area contributed by atoms with Gasteiger partial charge in [-0.2, -0.15) is 26.3 Å². The van der Waals surface area contributed by atoms with Crippen molar-refractivity contribution in [3.8, 4) is 11.1 Å². The summed E-state index contributed by atoms with van der Waals surface area (Å²) < 4.78 is 110. The van der Waals surface area contributed by atoms with Crippen molar-refractivity contribution in [3.63, 3.8) is 0 Å². The van der Waals surface area contributed by atoms with Gasteiger partial charge in [0.2, 0.25) is 11.8 Å². The van der Waals surface area contributed by atoms with Crippen molar-refractivity contribution in [3.05, 3.63) is 190 Å². The highest BCUT2D eigenvalue weighted by molar-refractivity contribution is 5.95. The fraction of sp³-hybridized carbons (Fsp3) is 0.467. The second-order valence-corrected chi connectivity index (χ2v) is 26.8. The number of piperidine rings is 2. The van der Waals surface area contributed by atoms with Crippen molar-refractivity contribution in [2.24, 2.45) is 0 Å². The molecule has 550 valence electrons. The van der Waals surface area contributed by atoms with Crippen LogP contribution in [0.1, 0.15) is 114 Å². The van der Waals surface area contributed by atoms with E-state index in [0.29, 0.717) is 81.8 Å². The summed E-state index contributed by atoms with van der Waals surface area (Å²) >= 11 is 0. The molecule has 4 amide bonds. The standard InChI is InChI=1S/C75H87F7N8O7.4ClH/c1-84(34-13-35-88-36-27-54-46-62(26-21-56(54)49-88)83-33-12-4-7-20-68(91)85(2)42-43-86-37-28-63(29-38-86)90(71(94)95)66-19-11-9-17-64(66)53-14-5-3-6-15-53)69(92)50-96-67-47-55-16-8-10-18-65(55)72(67)30-39-87(40-31-72)41-32-73(58-22-24-61(76)25-23-58)51-89(52-97-73)70(93)57-44-59(74(77,78)79)48-60(45-57)75(80,81)82;;;;/h3,5-6,8-11,14-19,21-26,44-46,48,63,67,83H,4,7,12-13,20,27-43,47,49-52H2,1-2H3,(H,94,95);4*1H/t67-,73-;;;;/m0..../s1. The van der Waals surface area contributed by atoms with Gasteiger partial charge < -0.3 is 44.4 Å². The highest BCUT2D eigenvalue weighted by atomic mass is 35.5. The van der Waals surface area contributed by atoms with E-state index in [-0.39, 0.29) is 105 Å². The lowest BCUT2D eigenvalue weighted by Crippen LogP contribution is -2.50. The number of ether oxygens (including phenoxy) is 2. The smallest absolute Gasteiger partial charge is 0.416 e. The van der Waals surface area contributed by atoms with Crippen molar-refractivity contribution in [1.29, 1.82) is 0 Å². The van der Waals surface area contributed by atoms with E-state index in [9.17, 15) is 55.0 Å². The Morgan fingerprint density at radius 3 is 2.00 bits per heavy atom. The molecule has 26 heteroatoms. The molecule has 6 aromatic rings. The number of nitrogens with zero attached hydrogens (tertiary/aromatic N) is 7. The van der Waals surface area contributed by atoms with Crippen molar-refractivity contribution in [1.82, 2.24) is 29.4 Å². The molecule has 0 saturated carbocycles. The molecule has 1 spiro atoms. The molecule has 0 bridgehead atoms. The van der Waals surface area contributed by atoms with Gasteiger partial charge in [-0.05, 0) is 159 Å². The third-order valence-electron chi connectivity index (χ3n) is 20.6. The van der Waals surface area contributed by atoms with Crippen molar-refractivity contribution in [2.75, 3.05) is 116 Å². The second kappa shape index (κ2) is 36.1. The van der Waals surface area contributed by atoms with Crippen LogP contribution in [-0.2, 0) is 61.8 Å². The molecule has 15 nitrogen and oxygen atoms in total. The maximum Gasteiger partial charge on any atom is 0.416 e. The lowest BCUT2D eigenvalue weighted by molar-refractivity contribution is -0.143. The van der Waals surface area contributed by atoms with Gasteiger partial charge in [-0.15, -0.1) is 49.6 Å². The van der Waals surface area contributed by atoms with E-state index in [4.69, 9.17) is 9.47 Å². The van der Waals surface area contributed by atoms with Gasteiger partial charge in [0.15, 0.2) is 0 Å². The van der Waals surface area contributed by atoms with Gasteiger partial charge >= 0.3 is 18.4 Å². The molecule has 5 aliphatic rings. The maximum absolute atomic E-state index is 14.3. The van der Waals surface area contributed by atoms with E-state index < -0.39 is 59.2 Å². The predicted molar refractivity (Wildman–Crippen MR) is 386 cm³/mol. The van der Waals surface area contributed by atoms with E-state index in [0.717, 1.165) is 112 Å². The maximum atomic E-state index is 14.3. The number of fused-ring (bicyclic) bond motifs is 3. The topological polar surface area (TPSA) is 142 Å². The van der Waals surface area contributed by atoms with Gasteiger partial charge in [-0.3, -0.25) is 24.2 Å². The number of hydrogen-bond acceptors (Lipinski definition) is 10. The Kier molecular flexibility index (Phi) is 29.2. The highest BCUT2D eigenvalue weighted by Crippen LogP contribution is 2.49. The second-order valence-electron chi connectivity index (χ2n) is 26.8. The number of amides is 4. The minimum atomic E-state index is -5.14. The van der Waals surface area contributed by atoms with E-state index in [1.165, 1.54) is 46.5 Å². The molecule has 3 saturated heterocycles. The number of likely N-dealkylation sites (tertiary alicyclic amines) is 2. The fourth-order valence-electron chi connectivity index (χ4n) is 15.0. The summed E-state index contributed by atoms with van der Waals surface area (Å²) in [5, 5.41) is 14.0. The van der Waals surface area contributed by atoms with Crippen molar-refractivity contribution in [2.45, 2.75) is 119 Å². The Labute approximate surface area is 611 Å². The first-order valence-corrected chi connectivity index (χ1v) is 33.9. The minimum absolute atomic E-state index is 0. The number of carboxylic acid groups (broad SMARTS) is 1. The summed E-state index contributed by atoms with van der Waals surface area (Å²) in [7, 11) is 3.69. The Morgan fingerprint density at radius 1 is 0.653 bits per heavy atom. The van der Waals surface area contributed by atoms with Crippen LogP contribution in [0.25, 0.3) is 11.1 Å². The summed E-state index contributed by atoms with van der Waals surface area (Å²) in [6, 6.07) is 38.6. The molecule has 0 aromatic heterocycles. The van der Waals surface area contributed by atoms with E-state index in [2.05, 4.69) is 50.3 Å². The minimum Gasteiger partial charge on any atom is -0.465 e. The molecule has 11 rings (SSSR count). The lowest BCUT2D eigenvalue weighted by Gasteiger charge is -2.44. The summed E-state index contributed by atoms with van der Waals surface area (Å²) in [4.78, 5) is 66.5. The summed E-state index contributed by atoms with van der Waals surface area (Å²) in [5.41, 5.74) is 3.62. The third kappa shape index (κ3) is 20.0. The number of hydrogen-bond donors (Lipinski definition) is 2. The van der Waals surface area contributed by atoms with Gasteiger partial charge in [-0.1, -0.05) is 97.4 Å². The van der Waals surface area contributed by atoms with E-state index >= 15 is 0 Å². The quantitative estimate of drug-likeness (QED) is 0.0418. The third-order valence-corrected chi connectivity index (χ3v) is 20.6. The van der Waals surface area contributed by atoms with Gasteiger partial charge in [0.1, 0.15) is 24.8 Å². The number of para-hydroxylation sites is 1. The van der Waals surface area contributed by atoms with Crippen LogP contribution in [-0.4, -0.2) is 176 Å². The average molecular weight is 1490 g/mol. The lowest BCUT2D eigenvalue weighted by atomic mass is 9.72. The van der Waals surface area contributed by atoms with Gasteiger partial charge in [0.05, 0.1) is 29.5 Å². The van der Waals surface area contributed by atoms with Crippen LogP contribution in [0, 0.1) is 5.82 Å². The molecule has 4 aliphatic heterocycles. The number of alkyl halides is 6. The molecular weight excluding hydrogens is 1400 g/mol. The van der Waals surface area contributed by atoms with Gasteiger partial charge in [0, 0.05) is 114 Å². The SMILES string of the molecule is CN(CCN1CCC(N(C(=O)O)c2ccccc2-c2ccccc2)CC1)C(=O)CCCCCNc1ccc2c(c1)CCN(CCCN(C)C(=O)CO[C@H]1Cc3ccccc3C13CCN(CC[C@@]1(c4ccc(F)cc4)CN(C(=O)c4cc(C(F)(F)F)cc(C(F)(F)F)c4)CO1)CC3)C2.Cl.Cl.Cl.Cl. The fourth-order valence-corrected chi connectivity index (χ4v) is 15.0. The normalized spacial score (nSPS) is 18.4. The highest BCUT2D eigenvalue weighted by Gasteiger charge is 2.50. The molecule has 101 heavy (non-hydrogen) atoms. The average Bonchev–Trinajstić information content (AvgIpc) is 1.60. The molecular formula is C75H91Cl4F7N8O7. The Hall–Kier alpha value is -6.73. The molecule has 2 atom stereocenters. The van der Waals surface area contributed by atoms with Crippen LogP contribution in [0.5, 0.6) is 0 Å². The van der Waals surface area contributed by atoms with Gasteiger partial charge in [0.25, 0.3) is 5.91 Å². The van der Waals surface area contributed by atoms with Crippen molar-refractivity contribution >= 4 is 84.8 Å². The first-order valence-electron chi connectivity index (χ1n) is 33.9. The van der Waals surface area contributed by atoms with Crippen molar-refractivity contribution < 1.29 is 64.5 Å². The van der Waals surface area contributed by atoms with Crippen LogP contribution in [0.3, 0.4) is 0 Å². The van der Waals surface area contributed by atoms with E-state index in [1.54, 1.807) is 9.80 Å².